The van der Waals surface area contributed by atoms with Crippen LogP contribution >= 0.6 is 15.9 Å². The summed E-state index contributed by atoms with van der Waals surface area (Å²) in [7, 11) is 1.76. The Labute approximate surface area is 77.5 Å². The Morgan fingerprint density at radius 1 is 1.42 bits per heavy atom. The maximum absolute atomic E-state index is 11.4. The lowest BCUT2D eigenvalue weighted by atomic mass is 10.4. The second kappa shape index (κ2) is 2.55. The van der Waals surface area contributed by atoms with Gasteiger partial charge in [0.1, 0.15) is 0 Å². The van der Waals surface area contributed by atoms with E-state index in [0.717, 1.165) is 6.54 Å². The van der Waals surface area contributed by atoms with Crippen molar-refractivity contribution in [2.45, 2.75) is 6.54 Å². The van der Waals surface area contributed by atoms with E-state index in [1.165, 1.54) is 0 Å². The Hall–Kier alpha value is -0.910. The summed E-state index contributed by atoms with van der Waals surface area (Å²) in [5, 5.41) is 7.53. The molecule has 1 aliphatic heterocycles. The highest BCUT2D eigenvalue weighted by Crippen LogP contribution is 2.14. The van der Waals surface area contributed by atoms with Crippen molar-refractivity contribution in [2.75, 3.05) is 13.6 Å². The molecule has 0 saturated heterocycles. The first-order valence-corrected chi connectivity index (χ1v) is 4.33. The first kappa shape index (κ1) is 7.72. The molecule has 0 bridgehead atoms. The van der Waals surface area contributed by atoms with Crippen LogP contribution in [0.3, 0.4) is 0 Å². The summed E-state index contributed by atoms with van der Waals surface area (Å²) >= 11 is 3.22. The van der Waals surface area contributed by atoms with E-state index in [1.54, 1.807) is 16.5 Å². The number of hydrogen-bond donors (Lipinski definition) is 0. The normalized spacial score (nSPS) is 16.5. The quantitative estimate of drug-likeness (QED) is 0.637. The summed E-state index contributed by atoms with van der Waals surface area (Å²) in [5.74, 6) is 0.343. The molecular weight excluding hydrogens is 224 g/mol. The van der Waals surface area contributed by atoms with Crippen molar-refractivity contribution >= 4 is 21.8 Å². The van der Waals surface area contributed by atoms with E-state index in [2.05, 4.69) is 26.1 Å². The number of hydrogen-bond acceptors (Lipinski definition) is 3. The molecule has 1 aromatic rings. The van der Waals surface area contributed by atoms with Crippen LogP contribution in [-0.4, -0.2) is 39.2 Å². The van der Waals surface area contributed by atoms with Gasteiger partial charge in [-0.1, -0.05) is 0 Å². The number of halogens is 1. The standard InChI is InChI=1S/C6H7BrN4O/c1-10-2-3-11-4(5(10)12)8-9-6(11)7/h2-3H2,1H3. The average Bonchev–Trinajstić information content (AvgIpc) is 2.41. The predicted molar refractivity (Wildman–Crippen MR) is 44.7 cm³/mol. The van der Waals surface area contributed by atoms with Crippen molar-refractivity contribution in [3.05, 3.63) is 10.6 Å². The molecule has 0 aromatic carbocycles. The summed E-state index contributed by atoms with van der Waals surface area (Å²) in [5.41, 5.74) is 0. The molecule has 0 unspecified atom stereocenters. The monoisotopic (exact) mass is 230 g/mol. The van der Waals surface area contributed by atoms with Crippen molar-refractivity contribution in [3.63, 3.8) is 0 Å². The molecule has 2 rings (SSSR count). The topological polar surface area (TPSA) is 51.0 Å². The predicted octanol–water partition coefficient (Wildman–Crippen LogP) is 0.126. The molecule has 1 amide bonds. The first-order chi connectivity index (χ1) is 5.70. The van der Waals surface area contributed by atoms with Gasteiger partial charge in [0.25, 0.3) is 5.91 Å². The summed E-state index contributed by atoms with van der Waals surface area (Å²) in [6.45, 7) is 1.47. The highest BCUT2D eigenvalue weighted by Gasteiger charge is 2.25. The van der Waals surface area contributed by atoms with Gasteiger partial charge >= 0.3 is 0 Å². The maximum Gasteiger partial charge on any atom is 0.291 e. The zero-order valence-corrected chi connectivity index (χ0v) is 8.08. The third-order valence-corrected chi connectivity index (χ3v) is 2.49. The highest BCUT2D eigenvalue weighted by atomic mass is 79.9. The molecule has 1 aromatic heterocycles. The molecule has 12 heavy (non-hydrogen) atoms. The lowest BCUT2D eigenvalue weighted by molar-refractivity contribution is 0.0740. The smallest absolute Gasteiger partial charge is 0.291 e. The second-order valence-electron chi connectivity index (χ2n) is 2.67. The van der Waals surface area contributed by atoms with Crippen LogP contribution in [0.5, 0.6) is 0 Å². The molecular formula is C6H7BrN4O. The molecule has 64 valence electrons. The van der Waals surface area contributed by atoms with Gasteiger partial charge in [0.05, 0.1) is 0 Å². The fourth-order valence-electron chi connectivity index (χ4n) is 1.16. The number of likely N-dealkylation sites (N-methyl/N-ethyl adjacent to an activating group) is 1. The average molecular weight is 231 g/mol. The first-order valence-electron chi connectivity index (χ1n) is 3.54. The van der Waals surface area contributed by atoms with E-state index in [4.69, 9.17) is 0 Å². The number of aromatic nitrogens is 3. The zero-order chi connectivity index (χ0) is 8.72. The molecule has 0 saturated carbocycles. The molecule has 0 fully saturated rings. The molecule has 0 radical (unpaired) electrons. The third kappa shape index (κ3) is 0.945. The maximum atomic E-state index is 11.4. The van der Waals surface area contributed by atoms with Gasteiger partial charge < -0.3 is 4.90 Å². The van der Waals surface area contributed by atoms with Crippen LogP contribution in [0.15, 0.2) is 4.73 Å². The number of carbonyl (C=O) groups excluding carboxylic acids is 1. The van der Waals surface area contributed by atoms with Gasteiger partial charge in [-0.3, -0.25) is 9.36 Å². The van der Waals surface area contributed by atoms with Gasteiger partial charge in [-0.2, -0.15) is 0 Å². The van der Waals surface area contributed by atoms with E-state index >= 15 is 0 Å². The molecule has 2 heterocycles. The minimum Gasteiger partial charge on any atom is -0.337 e. The fourth-order valence-corrected chi connectivity index (χ4v) is 1.59. The van der Waals surface area contributed by atoms with Gasteiger partial charge in [0, 0.05) is 20.1 Å². The van der Waals surface area contributed by atoms with Crippen LogP contribution < -0.4 is 0 Å². The van der Waals surface area contributed by atoms with Crippen LogP contribution in [0.1, 0.15) is 10.6 Å². The number of amides is 1. The Kier molecular flexibility index (Phi) is 1.64. The van der Waals surface area contributed by atoms with Crippen molar-refractivity contribution in [2.24, 2.45) is 0 Å². The number of nitrogens with zero attached hydrogens (tertiary/aromatic N) is 4. The SMILES string of the molecule is CN1CCn2c(Br)nnc2C1=O. The molecule has 0 spiro atoms. The van der Waals surface area contributed by atoms with Crippen LogP contribution in [0, 0.1) is 0 Å². The van der Waals surface area contributed by atoms with E-state index in [1.807, 2.05) is 0 Å². The van der Waals surface area contributed by atoms with Crippen molar-refractivity contribution in [1.29, 1.82) is 0 Å². The Balaban J connectivity index is 2.50. The van der Waals surface area contributed by atoms with Crippen LogP contribution in [0.4, 0.5) is 0 Å². The highest BCUT2D eigenvalue weighted by molar-refractivity contribution is 9.10. The van der Waals surface area contributed by atoms with Crippen molar-refractivity contribution in [1.82, 2.24) is 19.7 Å². The van der Waals surface area contributed by atoms with Crippen molar-refractivity contribution in [3.8, 4) is 0 Å². The Morgan fingerprint density at radius 2 is 2.17 bits per heavy atom. The van der Waals surface area contributed by atoms with Crippen molar-refractivity contribution < 1.29 is 4.79 Å². The minimum atomic E-state index is -0.0700. The van der Waals surface area contributed by atoms with Gasteiger partial charge in [-0.05, 0) is 15.9 Å². The molecule has 1 aliphatic rings. The number of fused-ring (bicyclic) bond motifs is 1. The largest absolute Gasteiger partial charge is 0.337 e. The molecule has 0 aliphatic carbocycles. The van der Waals surface area contributed by atoms with E-state index < -0.39 is 0 Å². The summed E-state index contributed by atoms with van der Waals surface area (Å²) in [6.07, 6.45) is 0. The minimum absolute atomic E-state index is 0.0700. The lowest BCUT2D eigenvalue weighted by Gasteiger charge is -2.22. The summed E-state index contributed by atoms with van der Waals surface area (Å²) < 4.78 is 2.39. The molecule has 5 nitrogen and oxygen atoms in total. The Morgan fingerprint density at radius 3 is 2.92 bits per heavy atom. The van der Waals surface area contributed by atoms with E-state index in [-0.39, 0.29) is 5.91 Å². The molecule has 0 N–H and O–H groups in total. The Bertz CT molecular complexity index is 334. The van der Waals surface area contributed by atoms with Crippen LogP contribution in [-0.2, 0) is 6.54 Å². The van der Waals surface area contributed by atoms with Crippen LogP contribution in [0.25, 0.3) is 0 Å². The lowest BCUT2D eigenvalue weighted by Crippen LogP contribution is -2.37. The van der Waals surface area contributed by atoms with Gasteiger partial charge in [-0.25, -0.2) is 0 Å². The van der Waals surface area contributed by atoms with Gasteiger partial charge in [0.2, 0.25) is 10.6 Å². The van der Waals surface area contributed by atoms with E-state index in [9.17, 15) is 4.79 Å². The second-order valence-corrected chi connectivity index (χ2v) is 3.38. The van der Waals surface area contributed by atoms with Gasteiger partial charge in [-0.15, -0.1) is 10.2 Å². The number of carbonyl (C=O) groups is 1. The molecule has 0 atom stereocenters. The third-order valence-electron chi connectivity index (χ3n) is 1.90. The fraction of sp³-hybridized carbons (Fsp3) is 0.500. The van der Waals surface area contributed by atoms with E-state index in [0.29, 0.717) is 17.1 Å². The summed E-state index contributed by atoms with van der Waals surface area (Å²) in [4.78, 5) is 13.0. The summed E-state index contributed by atoms with van der Waals surface area (Å²) in [6, 6.07) is 0. The van der Waals surface area contributed by atoms with Gasteiger partial charge in [0.15, 0.2) is 0 Å². The van der Waals surface area contributed by atoms with Crippen LogP contribution in [0.2, 0.25) is 0 Å². The molecule has 6 heteroatoms. The zero-order valence-electron chi connectivity index (χ0n) is 6.49. The number of rotatable bonds is 0.